The minimum atomic E-state index is 0.262. The normalized spacial score (nSPS) is 10.9. The van der Waals surface area contributed by atoms with E-state index in [1.165, 1.54) is 0 Å². The molecule has 0 saturated carbocycles. The summed E-state index contributed by atoms with van der Waals surface area (Å²) in [5, 5.41) is 3.80. The second kappa shape index (κ2) is 3.73. The lowest BCUT2D eigenvalue weighted by Crippen LogP contribution is -1.92. The van der Waals surface area contributed by atoms with Gasteiger partial charge in [-0.15, -0.1) is 0 Å². The van der Waals surface area contributed by atoms with Crippen LogP contribution in [0.1, 0.15) is 25.5 Å². The Morgan fingerprint density at radius 3 is 2.53 bits per heavy atom. The van der Waals surface area contributed by atoms with Crippen LogP contribution >= 0.6 is 0 Å². The zero-order chi connectivity index (χ0) is 10.8. The van der Waals surface area contributed by atoms with Gasteiger partial charge in [0.05, 0.1) is 5.56 Å². The first-order valence-electron chi connectivity index (χ1n) is 4.85. The minimum absolute atomic E-state index is 0.262. The third kappa shape index (κ3) is 1.70. The Labute approximate surface area is 88.1 Å². The van der Waals surface area contributed by atoms with E-state index in [0.717, 1.165) is 16.9 Å². The van der Waals surface area contributed by atoms with Crippen LogP contribution in [0.2, 0.25) is 0 Å². The van der Waals surface area contributed by atoms with E-state index in [4.69, 9.17) is 10.3 Å². The summed E-state index contributed by atoms with van der Waals surface area (Å²) in [7, 11) is 0. The number of rotatable bonds is 2. The number of hydrogen-bond donors (Lipinski definition) is 1. The van der Waals surface area contributed by atoms with Crippen molar-refractivity contribution >= 4 is 5.82 Å². The van der Waals surface area contributed by atoms with E-state index in [1.807, 2.05) is 26.0 Å². The second-order valence-electron chi connectivity index (χ2n) is 3.70. The van der Waals surface area contributed by atoms with Crippen molar-refractivity contribution in [1.29, 1.82) is 0 Å². The molecule has 15 heavy (non-hydrogen) atoms. The predicted molar refractivity (Wildman–Crippen MR) is 58.2 cm³/mol. The zero-order valence-electron chi connectivity index (χ0n) is 8.77. The average Bonchev–Trinajstić information content (AvgIpc) is 2.61. The summed E-state index contributed by atoms with van der Waals surface area (Å²) in [6.45, 7) is 4.09. The van der Waals surface area contributed by atoms with Crippen molar-refractivity contribution in [2.24, 2.45) is 0 Å². The summed E-state index contributed by atoms with van der Waals surface area (Å²) in [5.41, 5.74) is 7.66. The van der Waals surface area contributed by atoms with Gasteiger partial charge in [-0.3, -0.25) is 4.98 Å². The maximum absolute atomic E-state index is 5.79. The molecule has 0 aliphatic heterocycles. The molecule has 0 aliphatic rings. The van der Waals surface area contributed by atoms with Crippen LogP contribution in [-0.4, -0.2) is 10.1 Å². The monoisotopic (exact) mass is 203 g/mol. The number of anilines is 1. The zero-order valence-corrected chi connectivity index (χ0v) is 8.77. The highest BCUT2D eigenvalue weighted by atomic mass is 16.5. The first-order valence-corrected chi connectivity index (χ1v) is 4.85. The number of nitrogens with zero attached hydrogens (tertiary/aromatic N) is 2. The molecular weight excluding hydrogens is 190 g/mol. The number of pyridine rings is 1. The van der Waals surface area contributed by atoms with Gasteiger partial charge >= 0.3 is 0 Å². The molecule has 0 bridgehead atoms. The maximum Gasteiger partial charge on any atom is 0.175 e. The molecule has 0 fully saturated rings. The Bertz CT molecular complexity index is 448. The SMILES string of the molecule is CC(C)c1onc(N)c1-c1ccncc1. The van der Waals surface area contributed by atoms with Crippen molar-refractivity contribution in [2.75, 3.05) is 5.73 Å². The van der Waals surface area contributed by atoms with E-state index < -0.39 is 0 Å². The van der Waals surface area contributed by atoms with E-state index in [2.05, 4.69) is 10.1 Å². The van der Waals surface area contributed by atoms with Gasteiger partial charge in [0.15, 0.2) is 5.82 Å². The van der Waals surface area contributed by atoms with Gasteiger partial charge < -0.3 is 10.3 Å². The molecule has 2 heterocycles. The largest absolute Gasteiger partial charge is 0.380 e. The van der Waals surface area contributed by atoms with Gasteiger partial charge in [-0.2, -0.15) is 0 Å². The van der Waals surface area contributed by atoms with Crippen LogP contribution in [0.4, 0.5) is 5.82 Å². The van der Waals surface area contributed by atoms with Crippen LogP contribution in [0.5, 0.6) is 0 Å². The molecule has 0 aromatic carbocycles. The van der Waals surface area contributed by atoms with Crippen LogP contribution < -0.4 is 5.73 Å². The number of aromatic nitrogens is 2. The van der Waals surface area contributed by atoms with Gasteiger partial charge in [0.25, 0.3) is 0 Å². The molecule has 4 nitrogen and oxygen atoms in total. The Hall–Kier alpha value is -1.84. The molecule has 2 N–H and O–H groups in total. The summed E-state index contributed by atoms with van der Waals surface area (Å²) >= 11 is 0. The van der Waals surface area contributed by atoms with Crippen LogP contribution in [0.25, 0.3) is 11.1 Å². The van der Waals surface area contributed by atoms with Gasteiger partial charge in [0.1, 0.15) is 5.76 Å². The van der Waals surface area contributed by atoms with E-state index in [1.54, 1.807) is 12.4 Å². The number of hydrogen-bond acceptors (Lipinski definition) is 4. The first-order chi connectivity index (χ1) is 7.20. The third-order valence-corrected chi connectivity index (χ3v) is 2.24. The minimum Gasteiger partial charge on any atom is -0.380 e. The molecule has 0 atom stereocenters. The molecule has 2 aromatic rings. The molecule has 0 spiro atoms. The van der Waals surface area contributed by atoms with Gasteiger partial charge in [0.2, 0.25) is 0 Å². The van der Waals surface area contributed by atoms with Crippen LogP contribution in [-0.2, 0) is 0 Å². The highest BCUT2D eigenvalue weighted by molar-refractivity contribution is 5.75. The first kappa shape index (κ1) is 9.71. The van der Waals surface area contributed by atoms with Crippen LogP contribution in [0.3, 0.4) is 0 Å². The quantitative estimate of drug-likeness (QED) is 0.814. The molecule has 0 radical (unpaired) electrons. The maximum atomic E-state index is 5.79. The summed E-state index contributed by atoms with van der Waals surface area (Å²) in [4.78, 5) is 3.97. The molecule has 0 unspecified atom stereocenters. The van der Waals surface area contributed by atoms with Crippen molar-refractivity contribution < 1.29 is 4.52 Å². The van der Waals surface area contributed by atoms with Crippen molar-refractivity contribution in [1.82, 2.24) is 10.1 Å². The Morgan fingerprint density at radius 1 is 1.27 bits per heavy atom. The van der Waals surface area contributed by atoms with Gasteiger partial charge in [-0.05, 0) is 17.7 Å². The highest BCUT2D eigenvalue weighted by Crippen LogP contribution is 2.33. The van der Waals surface area contributed by atoms with Gasteiger partial charge in [-0.25, -0.2) is 0 Å². The van der Waals surface area contributed by atoms with Crippen molar-refractivity contribution in [3.63, 3.8) is 0 Å². The topological polar surface area (TPSA) is 64.9 Å². The molecule has 4 heteroatoms. The standard InChI is InChI=1S/C11H13N3O/c1-7(2)10-9(11(12)14-15-10)8-3-5-13-6-4-8/h3-7H,1-2H3,(H2,12,14). The second-order valence-corrected chi connectivity index (χ2v) is 3.70. The average molecular weight is 203 g/mol. The van der Waals surface area contributed by atoms with E-state index in [-0.39, 0.29) is 5.92 Å². The van der Waals surface area contributed by atoms with Crippen molar-refractivity contribution in [2.45, 2.75) is 19.8 Å². The molecular formula is C11H13N3O. The Morgan fingerprint density at radius 2 is 1.93 bits per heavy atom. The molecule has 78 valence electrons. The fourth-order valence-corrected chi connectivity index (χ4v) is 1.52. The fraction of sp³-hybridized carbons (Fsp3) is 0.273. The lowest BCUT2D eigenvalue weighted by molar-refractivity contribution is 0.374. The molecule has 0 saturated heterocycles. The summed E-state index contributed by atoms with van der Waals surface area (Å²) < 4.78 is 5.22. The summed E-state index contributed by atoms with van der Waals surface area (Å²) in [5.74, 6) is 1.52. The van der Waals surface area contributed by atoms with Crippen LogP contribution in [0, 0.1) is 0 Å². The Kier molecular flexibility index (Phi) is 2.41. The van der Waals surface area contributed by atoms with Crippen LogP contribution in [0.15, 0.2) is 29.0 Å². The fourth-order valence-electron chi connectivity index (χ4n) is 1.52. The number of nitrogens with two attached hydrogens (primary N) is 1. The molecule has 0 aliphatic carbocycles. The van der Waals surface area contributed by atoms with E-state index in [0.29, 0.717) is 5.82 Å². The highest BCUT2D eigenvalue weighted by Gasteiger charge is 2.17. The smallest absolute Gasteiger partial charge is 0.175 e. The van der Waals surface area contributed by atoms with E-state index >= 15 is 0 Å². The van der Waals surface area contributed by atoms with Crippen molar-refractivity contribution in [3.8, 4) is 11.1 Å². The third-order valence-electron chi connectivity index (χ3n) is 2.24. The van der Waals surface area contributed by atoms with Crippen molar-refractivity contribution in [3.05, 3.63) is 30.3 Å². The van der Waals surface area contributed by atoms with Gasteiger partial charge in [0, 0.05) is 18.3 Å². The predicted octanol–water partition coefficient (Wildman–Crippen LogP) is 2.44. The van der Waals surface area contributed by atoms with Gasteiger partial charge in [-0.1, -0.05) is 19.0 Å². The lowest BCUT2D eigenvalue weighted by Gasteiger charge is -2.03. The molecule has 0 amide bonds. The number of nitrogen functional groups attached to an aromatic ring is 1. The lowest BCUT2D eigenvalue weighted by atomic mass is 10.0. The molecule has 2 aromatic heterocycles. The molecule has 2 rings (SSSR count). The Balaban J connectivity index is 2.57. The van der Waals surface area contributed by atoms with E-state index in [9.17, 15) is 0 Å². The summed E-state index contributed by atoms with van der Waals surface area (Å²) in [6.07, 6.45) is 3.46. The summed E-state index contributed by atoms with van der Waals surface area (Å²) in [6, 6.07) is 3.80.